The van der Waals surface area contributed by atoms with Gasteiger partial charge in [0.1, 0.15) is 6.61 Å². The summed E-state index contributed by atoms with van der Waals surface area (Å²) in [6.45, 7) is -0.00902. The summed E-state index contributed by atoms with van der Waals surface area (Å²) < 4.78 is 9.32. The van der Waals surface area contributed by atoms with Gasteiger partial charge in [-0.05, 0) is 29.8 Å². The number of esters is 1. The molecule has 2 aromatic rings. The van der Waals surface area contributed by atoms with Crippen LogP contribution in [0.2, 0.25) is 0 Å². The Morgan fingerprint density at radius 2 is 1.45 bits per heavy atom. The van der Waals surface area contributed by atoms with Crippen LogP contribution in [0.1, 0.15) is 26.3 Å². The van der Waals surface area contributed by atoms with Crippen molar-refractivity contribution in [1.82, 2.24) is 0 Å². The average molecular weight is 300 g/mol. The molecular formula is C16H12O6. The van der Waals surface area contributed by atoms with Gasteiger partial charge in [-0.2, -0.15) is 0 Å². The van der Waals surface area contributed by atoms with Gasteiger partial charge >= 0.3 is 18.1 Å². The number of aromatic carboxylic acids is 1. The lowest BCUT2D eigenvalue weighted by Gasteiger charge is -2.05. The first kappa shape index (κ1) is 15.2. The number of carboxylic acids is 1. The highest BCUT2D eigenvalue weighted by molar-refractivity contribution is 5.96. The smallest absolute Gasteiger partial charge is 0.478 e. The third-order valence-corrected chi connectivity index (χ3v) is 2.74. The largest absolute Gasteiger partial charge is 0.516 e. The highest BCUT2D eigenvalue weighted by Crippen LogP contribution is 2.08. The fourth-order valence-electron chi connectivity index (χ4n) is 1.63. The minimum Gasteiger partial charge on any atom is -0.478 e. The van der Waals surface area contributed by atoms with Gasteiger partial charge < -0.3 is 14.6 Å². The van der Waals surface area contributed by atoms with E-state index in [-0.39, 0.29) is 17.7 Å². The predicted molar refractivity (Wildman–Crippen MR) is 75.4 cm³/mol. The molecule has 1 N–H and O–H groups in total. The molecule has 2 aromatic carbocycles. The van der Waals surface area contributed by atoms with Gasteiger partial charge in [-0.15, -0.1) is 0 Å². The Labute approximate surface area is 125 Å². The average Bonchev–Trinajstić information content (AvgIpc) is 2.54. The van der Waals surface area contributed by atoms with Crippen molar-refractivity contribution < 1.29 is 29.0 Å². The molecule has 0 aliphatic rings. The third kappa shape index (κ3) is 4.17. The minimum atomic E-state index is -1.11. The van der Waals surface area contributed by atoms with Crippen molar-refractivity contribution in [1.29, 1.82) is 0 Å². The second kappa shape index (κ2) is 7.03. The number of carbonyl (C=O) groups is 3. The summed E-state index contributed by atoms with van der Waals surface area (Å²) in [5.74, 6) is -2.02. The van der Waals surface area contributed by atoms with Crippen LogP contribution in [0.25, 0.3) is 0 Å². The van der Waals surface area contributed by atoms with Crippen LogP contribution in [0, 0.1) is 0 Å². The van der Waals surface area contributed by atoms with E-state index in [1.165, 1.54) is 24.3 Å². The van der Waals surface area contributed by atoms with E-state index in [0.717, 1.165) is 5.56 Å². The third-order valence-electron chi connectivity index (χ3n) is 2.74. The van der Waals surface area contributed by atoms with Crippen molar-refractivity contribution in [2.45, 2.75) is 6.61 Å². The number of benzene rings is 2. The highest BCUT2D eigenvalue weighted by Gasteiger charge is 2.15. The number of rotatable bonds is 4. The zero-order valence-corrected chi connectivity index (χ0v) is 11.4. The molecule has 0 aliphatic carbocycles. The molecule has 0 amide bonds. The monoisotopic (exact) mass is 300 g/mol. The number of carboxylic acid groups (broad SMARTS) is 1. The zero-order valence-electron chi connectivity index (χ0n) is 11.4. The molecule has 0 unspecified atom stereocenters. The van der Waals surface area contributed by atoms with Gasteiger partial charge in [-0.25, -0.2) is 14.4 Å². The van der Waals surface area contributed by atoms with Crippen LogP contribution < -0.4 is 0 Å². The molecule has 0 bridgehead atoms. The Bertz CT molecular complexity index is 676. The molecule has 112 valence electrons. The minimum absolute atomic E-state index is 0.00902. The molecule has 22 heavy (non-hydrogen) atoms. The Kier molecular flexibility index (Phi) is 4.87. The van der Waals surface area contributed by atoms with Crippen molar-refractivity contribution in [2.24, 2.45) is 0 Å². The second-order valence-electron chi connectivity index (χ2n) is 4.30. The van der Waals surface area contributed by atoms with Crippen LogP contribution in [0.5, 0.6) is 0 Å². The Hall–Kier alpha value is -3.15. The van der Waals surface area contributed by atoms with Gasteiger partial charge in [0.2, 0.25) is 0 Å². The van der Waals surface area contributed by atoms with Crippen LogP contribution in [0.4, 0.5) is 4.79 Å². The van der Waals surface area contributed by atoms with Crippen LogP contribution in [0.15, 0.2) is 54.6 Å². The first-order chi connectivity index (χ1) is 10.6. The molecule has 0 saturated carbocycles. The van der Waals surface area contributed by atoms with Crippen molar-refractivity contribution in [2.75, 3.05) is 0 Å². The Morgan fingerprint density at radius 3 is 2.05 bits per heavy atom. The fraction of sp³-hybridized carbons (Fsp3) is 0.0625. The topological polar surface area (TPSA) is 89.9 Å². The molecular weight excluding hydrogens is 288 g/mol. The second-order valence-corrected chi connectivity index (χ2v) is 4.30. The van der Waals surface area contributed by atoms with Gasteiger partial charge in [0.05, 0.1) is 11.1 Å². The summed E-state index contributed by atoms with van der Waals surface area (Å²) >= 11 is 0. The molecule has 2 rings (SSSR count). The van der Waals surface area contributed by atoms with E-state index in [1.54, 1.807) is 24.3 Å². The van der Waals surface area contributed by atoms with Crippen LogP contribution >= 0.6 is 0 Å². The van der Waals surface area contributed by atoms with Gasteiger partial charge in [0, 0.05) is 0 Å². The molecule has 6 nitrogen and oxygen atoms in total. The van der Waals surface area contributed by atoms with E-state index in [4.69, 9.17) is 9.84 Å². The fourth-order valence-corrected chi connectivity index (χ4v) is 1.63. The van der Waals surface area contributed by atoms with Crippen molar-refractivity contribution in [3.63, 3.8) is 0 Å². The Morgan fingerprint density at radius 1 is 0.864 bits per heavy atom. The van der Waals surface area contributed by atoms with Crippen molar-refractivity contribution in [3.05, 3.63) is 71.3 Å². The summed E-state index contributed by atoms with van der Waals surface area (Å²) in [7, 11) is 0. The molecule has 6 heteroatoms. The number of carbonyl (C=O) groups excluding carboxylic acids is 2. The highest BCUT2D eigenvalue weighted by atomic mass is 16.7. The molecule has 0 aliphatic heterocycles. The van der Waals surface area contributed by atoms with Gasteiger partial charge in [0.25, 0.3) is 0 Å². The molecule has 0 atom stereocenters. The van der Waals surface area contributed by atoms with E-state index in [0.29, 0.717) is 0 Å². The van der Waals surface area contributed by atoms with Crippen LogP contribution in [-0.2, 0) is 16.1 Å². The molecule has 0 spiro atoms. The maximum Gasteiger partial charge on any atom is 0.516 e. The van der Waals surface area contributed by atoms with Crippen LogP contribution in [-0.4, -0.2) is 23.2 Å². The van der Waals surface area contributed by atoms with Crippen LogP contribution in [0.3, 0.4) is 0 Å². The predicted octanol–water partition coefficient (Wildman–Crippen LogP) is 2.88. The number of hydrogen-bond acceptors (Lipinski definition) is 5. The first-order valence-electron chi connectivity index (χ1n) is 6.32. The van der Waals surface area contributed by atoms with Gasteiger partial charge in [-0.3, -0.25) is 0 Å². The standard InChI is InChI=1S/C16H12O6/c17-14(18)12-6-8-13(9-7-12)15(19)22-16(20)21-10-11-4-2-1-3-5-11/h1-9H,10H2,(H,17,18). The normalized spacial score (nSPS) is 9.82. The summed E-state index contributed by atoms with van der Waals surface area (Å²) in [6.07, 6.45) is -1.11. The number of ether oxygens (including phenoxy) is 2. The maximum absolute atomic E-state index is 11.7. The first-order valence-corrected chi connectivity index (χ1v) is 6.32. The van der Waals surface area contributed by atoms with E-state index in [9.17, 15) is 14.4 Å². The van der Waals surface area contributed by atoms with E-state index in [1.807, 2.05) is 6.07 Å². The molecule has 0 radical (unpaired) electrons. The molecule has 0 heterocycles. The quantitative estimate of drug-likeness (QED) is 0.689. The van der Waals surface area contributed by atoms with E-state index < -0.39 is 18.1 Å². The summed E-state index contributed by atoms with van der Waals surface area (Å²) in [5.41, 5.74) is 0.850. The molecule has 0 saturated heterocycles. The van der Waals surface area contributed by atoms with E-state index in [2.05, 4.69) is 4.74 Å². The van der Waals surface area contributed by atoms with E-state index >= 15 is 0 Å². The summed E-state index contributed by atoms with van der Waals surface area (Å²) in [4.78, 5) is 33.8. The van der Waals surface area contributed by atoms with Gasteiger partial charge in [-0.1, -0.05) is 30.3 Å². The lowest BCUT2D eigenvalue weighted by molar-refractivity contribution is 0.0360. The SMILES string of the molecule is O=C(OCc1ccccc1)OC(=O)c1ccc(C(=O)O)cc1. The van der Waals surface area contributed by atoms with Gasteiger partial charge in [0.15, 0.2) is 0 Å². The zero-order chi connectivity index (χ0) is 15.9. The summed E-state index contributed by atoms with van der Waals surface area (Å²) in [6, 6.07) is 13.9. The maximum atomic E-state index is 11.7. The lowest BCUT2D eigenvalue weighted by atomic mass is 10.1. The molecule has 0 aromatic heterocycles. The molecule has 0 fully saturated rings. The van der Waals surface area contributed by atoms with Crippen molar-refractivity contribution >= 4 is 18.1 Å². The van der Waals surface area contributed by atoms with Crippen molar-refractivity contribution in [3.8, 4) is 0 Å². The summed E-state index contributed by atoms with van der Waals surface area (Å²) in [5, 5.41) is 8.75. The number of hydrogen-bond donors (Lipinski definition) is 1. The Balaban J connectivity index is 1.88. The lowest BCUT2D eigenvalue weighted by Crippen LogP contribution is -2.14.